The lowest BCUT2D eigenvalue weighted by Gasteiger charge is -2.12. The first-order valence-electron chi connectivity index (χ1n) is 7.99. The lowest BCUT2D eigenvalue weighted by atomic mass is 10.0. The molecule has 1 heterocycles. The van der Waals surface area contributed by atoms with Gasteiger partial charge in [0.05, 0.1) is 11.1 Å². The summed E-state index contributed by atoms with van der Waals surface area (Å²) in [6.07, 6.45) is -3.59. The van der Waals surface area contributed by atoms with Gasteiger partial charge in [-0.1, -0.05) is 22.0 Å². The Kier molecular flexibility index (Phi) is 5.31. The third-order valence-electron chi connectivity index (χ3n) is 4.05. The van der Waals surface area contributed by atoms with Crippen LogP contribution in [0.1, 0.15) is 27.0 Å². The molecule has 0 unspecified atom stereocenters. The quantitative estimate of drug-likeness (QED) is 0.583. The van der Waals surface area contributed by atoms with E-state index >= 15 is 0 Å². The number of phenolic OH excluding ortho intramolecular Hbond substituents is 1. The van der Waals surface area contributed by atoms with Gasteiger partial charge in [-0.05, 0) is 42.5 Å². The molecule has 1 N–H and O–H groups in total. The average Bonchev–Trinajstić information content (AvgIpc) is 2.69. The van der Waals surface area contributed by atoms with Gasteiger partial charge in [-0.2, -0.15) is 18.4 Å². The fraction of sp³-hybridized carbons (Fsp3) is 0.0500. The molecule has 146 valence electrons. The van der Waals surface area contributed by atoms with Crippen molar-refractivity contribution in [2.75, 3.05) is 0 Å². The van der Waals surface area contributed by atoms with Crippen molar-refractivity contribution in [3.63, 3.8) is 0 Å². The van der Waals surface area contributed by atoms with Crippen molar-refractivity contribution >= 4 is 21.7 Å². The van der Waals surface area contributed by atoms with Gasteiger partial charge in [0.1, 0.15) is 17.4 Å². The molecule has 0 aliphatic carbocycles. The van der Waals surface area contributed by atoms with Crippen molar-refractivity contribution in [2.45, 2.75) is 6.18 Å². The molecule has 0 radical (unpaired) electrons. The zero-order valence-corrected chi connectivity index (χ0v) is 16.0. The molecule has 0 saturated heterocycles. The molecule has 0 spiro atoms. The maximum atomic E-state index is 13.0. The van der Waals surface area contributed by atoms with Gasteiger partial charge in [-0.15, -0.1) is 0 Å². The standard InChI is InChI=1S/C20H10BrF3N2O3/c21-14-4-5-17(27)16(8-14)18(28)12-6-11(9-25)19(29)26(10-12)15-3-1-2-13(7-15)20(22,23)24/h1-8,10,27H. The molecule has 0 fully saturated rings. The Hall–Kier alpha value is -3.38. The van der Waals surface area contributed by atoms with Crippen molar-refractivity contribution in [3.05, 3.63) is 91.8 Å². The summed E-state index contributed by atoms with van der Waals surface area (Å²) in [6, 6.07) is 10.8. The summed E-state index contributed by atoms with van der Waals surface area (Å²) >= 11 is 3.18. The first-order chi connectivity index (χ1) is 13.6. The highest BCUT2D eigenvalue weighted by molar-refractivity contribution is 9.10. The van der Waals surface area contributed by atoms with Gasteiger partial charge in [0.15, 0.2) is 5.78 Å². The van der Waals surface area contributed by atoms with Gasteiger partial charge in [-0.3, -0.25) is 14.2 Å². The second-order valence-corrected chi connectivity index (χ2v) is 6.88. The fourth-order valence-corrected chi connectivity index (χ4v) is 3.02. The monoisotopic (exact) mass is 462 g/mol. The van der Waals surface area contributed by atoms with E-state index < -0.39 is 28.6 Å². The summed E-state index contributed by atoms with van der Waals surface area (Å²) in [4.78, 5) is 25.3. The van der Waals surface area contributed by atoms with Crippen molar-refractivity contribution < 1.29 is 23.1 Å². The van der Waals surface area contributed by atoms with E-state index in [2.05, 4.69) is 15.9 Å². The maximum absolute atomic E-state index is 13.0. The lowest BCUT2D eigenvalue weighted by Crippen LogP contribution is -2.23. The number of phenols is 1. The van der Waals surface area contributed by atoms with E-state index in [1.165, 1.54) is 24.3 Å². The van der Waals surface area contributed by atoms with Crippen LogP contribution in [0.5, 0.6) is 5.75 Å². The molecule has 1 aromatic heterocycles. The number of hydrogen-bond acceptors (Lipinski definition) is 4. The second-order valence-electron chi connectivity index (χ2n) is 5.97. The van der Waals surface area contributed by atoms with E-state index in [4.69, 9.17) is 0 Å². The molecule has 0 saturated carbocycles. The first-order valence-corrected chi connectivity index (χ1v) is 8.79. The highest BCUT2D eigenvalue weighted by Crippen LogP contribution is 2.30. The summed E-state index contributed by atoms with van der Waals surface area (Å²) in [6.45, 7) is 0. The topological polar surface area (TPSA) is 83.1 Å². The number of halogens is 4. The van der Waals surface area contributed by atoms with Crippen molar-refractivity contribution in [1.29, 1.82) is 5.26 Å². The Bertz CT molecular complexity index is 1230. The third-order valence-corrected chi connectivity index (χ3v) is 4.55. The van der Waals surface area contributed by atoms with E-state index in [0.29, 0.717) is 4.47 Å². The molecule has 2 aromatic carbocycles. The molecule has 5 nitrogen and oxygen atoms in total. The van der Waals surface area contributed by atoms with E-state index in [1.54, 1.807) is 6.07 Å². The highest BCUT2D eigenvalue weighted by Gasteiger charge is 2.30. The molecule has 0 aliphatic heterocycles. The average molecular weight is 463 g/mol. The van der Waals surface area contributed by atoms with Crippen LogP contribution in [0.25, 0.3) is 5.69 Å². The normalized spacial score (nSPS) is 11.1. The number of rotatable bonds is 3. The van der Waals surface area contributed by atoms with Crippen LogP contribution in [0.2, 0.25) is 0 Å². The summed E-state index contributed by atoms with van der Waals surface area (Å²) < 4.78 is 40.4. The first kappa shape index (κ1) is 20.4. The van der Waals surface area contributed by atoms with Crippen molar-refractivity contribution in [2.24, 2.45) is 0 Å². The number of alkyl halides is 3. The second kappa shape index (κ2) is 7.56. The van der Waals surface area contributed by atoms with Crippen molar-refractivity contribution in [1.82, 2.24) is 4.57 Å². The molecule has 0 aliphatic rings. The molecule has 0 atom stereocenters. The third kappa shape index (κ3) is 4.07. The van der Waals surface area contributed by atoms with Crippen LogP contribution in [-0.2, 0) is 6.18 Å². The summed E-state index contributed by atoms with van der Waals surface area (Å²) in [7, 11) is 0. The summed E-state index contributed by atoms with van der Waals surface area (Å²) in [5, 5.41) is 19.2. The summed E-state index contributed by atoms with van der Waals surface area (Å²) in [5.74, 6) is -1.03. The van der Waals surface area contributed by atoms with Gasteiger partial charge in [0.2, 0.25) is 0 Å². The van der Waals surface area contributed by atoms with Crippen LogP contribution in [0.15, 0.2) is 64.0 Å². The van der Waals surface area contributed by atoms with Crippen LogP contribution >= 0.6 is 15.9 Å². The number of aromatic nitrogens is 1. The van der Waals surface area contributed by atoms with E-state index in [0.717, 1.165) is 35.0 Å². The van der Waals surface area contributed by atoms with Crippen LogP contribution in [0, 0.1) is 11.3 Å². The van der Waals surface area contributed by atoms with Crippen molar-refractivity contribution in [3.8, 4) is 17.5 Å². The minimum absolute atomic E-state index is 0.0995. The predicted octanol–water partition coefficient (Wildman–Crippen LogP) is 4.43. The summed E-state index contributed by atoms with van der Waals surface area (Å²) in [5.41, 5.74) is -2.69. The number of carbonyl (C=O) groups is 1. The molecule has 0 amide bonds. The number of nitriles is 1. The molecular weight excluding hydrogens is 453 g/mol. The van der Waals surface area contributed by atoms with Crippen LogP contribution < -0.4 is 5.56 Å². The Morgan fingerprint density at radius 2 is 1.86 bits per heavy atom. The van der Waals surface area contributed by atoms with Gasteiger partial charge in [0, 0.05) is 21.9 Å². The number of carbonyl (C=O) groups excluding carboxylic acids is 1. The van der Waals surface area contributed by atoms with E-state index in [9.17, 15) is 33.1 Å². The Labute approximate surface area is 170 Å². The lowest BCUT2D eigenvalue weighted by molar-refractivity contribution is -0.137. The number of ketones is 1. The Morgan fingerprint density at radius 3 is 2.52 bits per heavy atom. The Balaban J connectivity index is 2.21. The number of pyridine rings is 1. The maximum Gasteiger partial charge on any atom is 0.416 e. The van der Waals surface area contributed by atoms with Crippen LogP contribution in [-0.4, -0.2) is 15.5 Å². The predicted molar refractivity (Wildman–Crippen MR) is 101 cm³/mol. The minimum atomic E-state index is -4.63. The largest absolute Gasteiger partial charge is 0.507 e. The molecule has 3 rings (SSSR count). The molecule has 0 bridgehead atoms. The smallest absolute Gasteiger partial charge is 0.416 e. The minimum Gasteiger partial charge on any atom is -0.507 e. The number of nitrogens with zero attached hydrogens (tertiary/aromatic N) is 2. The zero-order chi connectivity index (χ0) is 21.3. The van der Waals surface area contributed by atoms with Gasteiger partial charge in [-0.25, -0.2) is 0 Å². The van der Waals surface area contributed by atoms with Gasteiger partial charge < -0.3 is 5.11 Å². The van der Waals surface area contributed by atoms with Crippen LogP contribution in [0.4, 0.5) is 13.2 Å². The molecular formula is C20H10BrF3N2O3. The van der Waals surface area contributed by atoms with E-state index in [-0.39, 0.29) is 22.6 Å². The fourth-order valence-electron chi connectivity index (χ4n) is 2.66. The van der Waals surface area contributed by atoms with Crippen LogP contribution in [0.3, 0.4) is 0 Å². The number of hydrogen-bond donors (Lipinski definition) is 1. The SMILES string of the molecule is N#Cc1cc(C(=O)c2cc(Br)ccc2O)cn(-c2cccc(C(F)(F)F)c2)c1=O. The van der Waals surface area contributed by atoms with Gasteiger partial charge >= 0.3 is 6.18 Å². The molecule has 29 heavy (non-hydrogen) atoms. The van der Waals surface area contributed by atoms with Gasteiger partial charge in [0.25, 0.3) is 5.56 Å². The molecule has 3 aromatic rings. The zero-order valence-electron chi connectivity index (χ0n) is 14.4. The molecule has 9 heteroatoms. The highest BCUT2D eigenvalue weighted by atomic mass is 79.9. The number of aromatic hydroxyl groups is 1. The Morgan fingerprint density at radius 1 is 1.14 bits per heavy atom. The van der Waals surface area contributed by atoms with E-state index in [1.807, 2.05) is 0 Å². The number of benzene rings is 2.